The molecule has 0 fully saturated rings. The van der Waals surface area contributed by atoms with Crippen LogP contribution in [0.25, 0.3) is 0 Å². The first-order valence-corrected chi connectivity index (χ1v) is 3.79. The summed E-state index contributed by atoms with van der Waals surface area (Å²) in [5.74, 6) is -0.657. The zero-order chi connectivity index (χ0) is 9.84. The summed E-state index contributed by atoms with van der Waals surface area (Å²) in [7, 11) is 1.43. The Bertz CT molecular complexity index is 323. The smallest absolute Gasteiger partial charge is 0.339 e. The van der Waals surface area contributed by atoms with Crippen LogP contribution in [0.1, 0.15) is 15.9 Å². The van der Waals surface area contributed by atoms with Gasteiger partial charge in [0.2, 0.25) is 0 Å². The lowest BCUT2D eigenvalue weighted by molar-refractivity contribution is 0.0693. The van der Waals surface area contributed by atoms with Crippen molar-refractivity contribution >= 4 is 5.97 Å². The molecule has 4 heteroatoms. The zero-order valence-corrected chi connectivity index (χ0v) is 7.28. The second kappa shape index (κ2) is 3.91. The largest absolute Gasteiger partial charge is 0.496 e. The number of carboxylic acids is 1. The molecular formula is C9H11NO3. The molecule has 0 amide bonds. The molecule has 70 valence electrons. The van der Waals surface area contributed by atoms with E-state index >= 15 is 0 Å². The highest BCUT2D eigenvalue weighted by atomic mass is 16.5. The molecule has 4 nitrogen and oxygen atoms in total. The summed E-state index contributed by atoms with van der Waals surface area (Å²) in [5, 5.41) is 8.75. The number of methoxy groups -OCH3 is 1. The molecule has 0 bridgehead atoms. The molecule has 0 atom stereocenters. The van der Waals surface area contributed by atoms with E-state index in [-0.39, 0.29) is 5.56 Å². The second-order valence-corrected chi connectivity index (χ2v) is 2.54. The van der Waals surface area contributed by atoms with Crippen molar-refractivity contribution in [3.63, 3.8) is 0 Å². The van der Waals surface area contributed by atoms with Gasteiger partial charge in [-0.25, -0.2) is 4.79 Å². The molecule has 0 aromatic heterocycles. The van der Waals surface area contributed by atoms with Gasteiger partial charge in [-0.1, -0.05) is 6.07 Å². The first-order chi connectivity index (χ1) is 6.19. The van der Waals surface area contributed by atoms with Crippen molar-refractivity contribution in [1.29, 1.82) is 0 Å². The van der Waals surface area contributed by atoms with E-state index in [9.17, 15) is 4.79 Å². The van der Waals surface area contributed by atoms with E-state index in [1.165, 1.54) is 13.2 Å². The number of carbonyl (C=O) groups is 1. The van der Waals surface area contributed by atoms with Gasteiger partial charge in [0.15, 0.2) is 0 Å². The van der Waals surface area contributed by atoms with Crippen LogP contribution in [-0.2, 0) is 6.54 Å². The van der Waals surface area contributed by atoms with Gasteiger partial charge in [0, 0.05) is 6.54 Å². The predicted molar refractivity (Wildman–Crippen MR) is 47.8 cm³/mol. The Labute approximate surface area is 75.9 Å². The number of benzene rings is 1. The summed E-state index contributed by atoms with van der Waals surface area (Å²) in [4.78, 5) is 10.7. The molecule has 0 unspecified atom stereocenters. The third-order valence-corrected chi connectivity index (χ3v) is 1.73. The number of rotatable bonds is 3. The first kappa shape index (κ1) is 9.54. The maximum atomic E-state index is 10.7. The van der Waals surface area contributed by atoms with Gasteiger partial charge in [-0.15, -0.1) is 0 Å². The van der Waals surface area contributed by atoms with E-state index in [0.29, 0.717) is 12.3 Å². The van der Waals surface area contributed by atoms with Gasteiger partial charge in [0.05, 0.1) is 7.11 Å². The summed E-state index contributed by atoms with van der Waals surface area (Å²) in [6, 6.07) is 4.79. The van der Waals surface area contributed by atoms with Crippen molar-refractivity contribution in [3.05, 3.63) is 29.3 Å². The standard InChI is InChI=1S/C9H11NO3/c1-13-8-4-6(5-10)2-3-7(8)9(11)12/h2-4H,5,10H2,1H3,(H,11,12). The minimum absolute atomic E-state index is 0.153. The molecule has 0 aliphatic carbocycles. The first-order valence-electron chi connectivity index (χ1n) is 3.79. The molecule has 0 aliphatic heterocycles. The van der Waals surface area contributed by atoms with Gasteiger partial charge in [-0.2, -0.15) is 0 Å². The van der Waals surface area contributed by atoms with E-state index < -0.39 is 5.97 Å². The van der Waals surface area contributed by atoms with Crippen LogP contribution in [-0.4, -0.2) is 18.2 Å². The quantitative estimate of drug-likeness (QED) is 0.725. The van der Waals surface area contributed by atoms with Crippen molar-refractivity contribution in [2.24, 2.45) is 5.73 Å². The topological polar surface area (TPSA) is 72.5 Å². The Hall–Kier alpha value is -1.55. The van der Waals surface area contributed by atoms with Crippen molar-refractivity contribution in [3.8, 4) is 5.75 Å². The number of hydrogen-bond donors (Lipinski definition) is 2. The van der Waals surface area contributed by atoms with Crippen LogP contribution in [0.3, 0.4) is 0 Å². The summed E-state index contributed by atoms with van der Waals surface area (Å²) in [6.45, 7) is 0.371. The van der Waals surface area contributed by atoms with Gasteiger partial charge in [0.1, 0.15) is 11.3 Å². The molecule has 0 saturated heterocycles. The maximum absolute atomic E-state index is 10.7. The molecule has 1 rings (SSSR count). The van der Waals surface area contributed by atoms with Crippen molar-refractivity contribution in [2.45, 2.75) is 6.54 Å². The van der Waals surface area contributed by atoms with E-state index in [4.69, 9.17) is 15.6 Å². The average molecular weight is 181 g/mol. The monoisotopic (exact) mass is 181 g/mol. The second-order valence-electron chi connectivity index (χ2n) is 2.54. The van der Waals surface area contributed by atoms with E-state index in [0.717, 1.165) is 5.56 Å². The normalized spacial score (nSPS) is 9.69. The van der Waals surface area contributed by atoms with Crippen LogP contribution in [0, 0.1) is 0 Å². The fourth-order valence-corrected chi connectivity index (χ4v) is 1.04. The van der Waals surface area contributed by atoms with Crippen LogP contribution < -0.4 is 10.5 Å². The third kappa shape index (κ3) is 1.97. The number of aromatic carboxylic acids is 1. The number of carboxylic acid groups (broad SMARTS) is 1. The molecule has 0 spiro atoms. The van der Waals surface area contributed by atoms with Gasteiger partial charge >= 0.3 is 5.97 Å². The summed E-state index contributed by atoms with van der Waals surface area (Å²) < 4.78 is 4.91. The van der Waals surface area contributed by atoms with Gasteiger partial charge in [0.25, 0.3) is 0 Å². The van der Waals surface area contributed by atoms with Crippen molar-refractivity contribution in [1.82, 2.24) is 0 Å². The molecule has 1 aromatic carbocycles. The molecule has 13 heavy (non-hydrogen) atoms. The highest BCUT2D eigenvalue weighted by Gasteiger charge is 2.10. The van der Waals surface area contributed by atoms with Crippen molar-refractivity contribution in [2.75, 3.05) is 7.11 Å². The molecule has 0 radical (unpaired) electrons. The Morgan fingerprint density at radius 2 is 2.31 bits per heavy atom. The molecule has 0 aliphatic rings. The van der Waals surface area contributed by atoms with Crippen molar-refractivity contribution < 1.29 is 14.6 Å². The third-order valence-electron chi connectivity index (χ3n) is 1.73. The highest BCUT2D eigenvalue weighted by molar-refractivity contribution is 5.90. The molecule has 0 heterocycles. The zero-order valence-electron chi connectivity index (χ0n) is 7.28. The van der Waals surface area contributed by atoms with E-state index in [2.05, 4.69) is 0 Å². The summed E-state index contributed by atoms with van der Waals surface area (Å²) in [5.41, 5.74) is 6.40. The Morgan fingerprint density at radius 1 is 1.62 bits per heavy atom. The predicted octanol–water partition coefficient (Wildman–Crippen LogP) is 0.852. The highest BCUT2D eigenvalue weighted by Crippen LogP contribution is 2.19. The number of nitrogens with two attached hydrogens (primary N) is 1. The lowest BCUT2D eigenvalue weighted by atomic mass is 10.1. The molecule has 1 aromatic rings. The van der Waals surface area contributed by atoms with Crippen LogP contribution in [0.2, 0.25) is 0 Å². The van der Waals surface area contributed by atoms with Gasteiger partial charge < -0.3 is 15.6 Å². The van der Waals surface area contributed by atoms with Crippen LogP contribution in [0.5, 0.6) is 5.75 Å². The molecule has 0 saturated carbocycles. The minimum atomic E-state index is -1.000. The SMILES string of the molecule is COc1cc(CN)ccc1C(=O)O. The van der Waals surface area contributed by atoms with Gasteiger partial charge in [-0.3, -0.25) is 0 Å². The van der Waals surface area contributed by atoms with E-state index in [1.807, 2.05) is 0 Å². The van der Waals surface area contributed by atoms with E-state index in [1.54, 1.807) is 12.1 Å². The fourth-order valence-electron chi connectivity index (χ4n) is 1.04. The maximum Gasteiger partial charge on any atom is 0.339 e. The Morgan fingerprint density at radius 3 is 2.77 bits per heavy atom. The van der Waals surface area contributed by atoms with Crippen LogP contribution in [0.4, 0.5) is 0 Å². The minimum Gasteiger partial charge on any atom is -0.496 e. The average Bonchev–Trinajstić information content (AvgIpc) is 2.16. The Kier molecular flexibility index (Phi) is 2.87. The fraction of sp³-hybridized carbons (Fsp3) is 0.222. The lowest BCUT2D eigenvalue weighted by Gasteiger charge is -2.05. The number of ether oxygens (including phenoxy) is 1. The Balaban J connectivity index is 3.15. The van der Waals surface area contributed by atoms with Crippen LogP contribution in [0.15, 0.2) is 18.2 Å². The molecule has 3 N–H and O–H groups in total. The summed E-state index contributed by atoms with van der Waals surface area (Å²) >= 11 is 0. The summed E-state index contributed by atoms with van der Waals surface area (Å²) in [6.07, 6.45) is 0. The van der Waals surface area contributed by atoms with Crippen LogP contribution >= 0.6 is 0 Å². The number of hydrogen-bond acceptors (Lipinski definition) is 3. The molecular weight excluding hydrogens is 170 g/mol. The lowest BCUT2D eigenvalue weighted by Crippen LogP contribution is -2.03. The van der Waals surface area contributed by atoms with Gasteiger partial charge in [-0.05, 0) is 17.7 Å².